The number of nitrogens with zero attached hydrogens (tertiary/aromatic N) is 1. The van der Waals surface area contributed by atoms with Crippen LogP contribution >= 0.6 is 11.6 Å². The molecule has 0 saturated heterocycles. The topological polar surface area (TPSA) is 66.8 Å². The van der Waals surface area contributed by atoms with Crippen molar-refractivity contribution in [3.63, 3.8) is 0 Å². The van der Waals surface area contributed by atoms with Gasteiger partial charge in [0, 0.05) is 50.4 Å². The summed E-state index contributed by atoms with van der Waals surface area (Å²) in [5.41, 5.74) is 1.26. The lowest BCUT2D eigenvalue weighted by Gasteiger charge is -2.29. The monoisotopic (exact) mass is 665 g/mol. The van der Waals surface area contributed by atoms with E-state index in [1.165, 1.54) is 13.0 Å². The Hall–Kier alpha value is -3.02. The maximum absolute atomic E-state index is 14.8. The van der Waals surface area contributed by atoms with Gasteiger partial charge >= 0.3 is 6.18 Å². The number of aliphatic hydroxyl groups is 1. The van der Waals surface area contributed by atoms with Crippen LogP contribution in [0.4, 0.5) is 17.6 Å². The first-order valence-corrected chi connectivity index (χ1v) is 16.8. The first-order chi connectivity index (χ1) is 21.3. The van der Waals surface area contributed by atoms with E-state index in [2.05, 4.69) is 0 Å². The van der Waals surface area contributed by atoms with Crippen LogP contribution < -0.4 is 0 Å². The normalized spacial score (nSPS) is 16.8. The van der Waals surface area contributed by atoms with E-state index in [0.29, 0.717) is 25.1 Å². The van der Waals surface area contributed by atoms with Crippen molar-refractivity contribution < 1.29 is 35.8 Å². The summed E-state index contributed by atoms with van der Waals surface area (Å²) in [5.74, 6) is -0.939. The van der Waals surface area contributed by atoms with Crippen LogP contribution in [0.3, 0.4) is 0 Å². The van der Waals surface area contributed by atoms with E-state index in [9.17, 15) is 31.1 Å². The summed E-state index contributed by atoms with van der Waals surface area (Å²) in [6.07, 6.45) is -4.32. The lowest BCUT2D eigenvalue weighted by atomic mass is 9.90. The van der Waals surface area contributed by atoms with Gasteiger partial charge in [-0.2, -0.15) is 13.2 Å². The molecule has 0 aromatic heterocycles. The van der Waals surface area contributed by atoms with Crippen molar-refractivity contribution in [1.29, 1.82) is 0 Å². The number of benzene rings is 3. The van der Waals surface area contributed by atoms with Gasteiger partial charge in [-0.05, 0) is 42.2 Å². The van der Waals surface area contributed by atoms with E-state index in [0.717, 1.165) is 29.5 Å². The average Bonchev–Trinajstić information content (AvgIpc) is 2.98. The Morgan fingerprint density at radius 3 is 2.13 bits per heavy atom. The number of ether oxygens (including phenoxy) is 1. The van der Waals surface area contributed by atoms with E-state index in [-0.39, 0.29) is 41.0 Å². The highest BCUT2D eigenvalue weighted by Crippen LogP contribution is 2.37. The number of rotatable bonds is 13. The lowest BCUT2D eigenvalue weighted by molar-refractivity contribution is -0.137. The molecule has 45 heavy (non-hydrogen) atoms. The maximum atomic E-state index is 14.8. The summed E-state index contributed by atoms with van der Waals surface area (Å²) < 4.78 is 86.3. The molecule has 0 aliphatic heterocycles. The van der Waals surface area contributed by atoms with Crippen molar-refractivity contribution in [1.82, 2.24) is 4.90 Å². The Balaban J connectivity index is 1.55. The van der Waals surface area contributed by atoms with Gasteiger partial charge in [-0.25, -0.2) is 12.8 Å². The van der Waals surface area contributed by atoms with Crippen LogP contribution in [-0.4, -0.2) is 56.6 Å². The standard InChI is InChI=1S/C34H36ClF4NO4S/c1-23(41)32-30(36)19-27(20-31(32)45(2,42)43)44-18-10-17-40(21-26-15-9-16-29(33(26)35)34(37,38)39)22-28(24-11-5-3-6-12-24)25-13-7-4-8-14-25/h3-9,11-16,19,23,27-28,41H,10,17-18,20-22H2,1-2H3. The highest BCUT2D eigenvalue weighted by molar-refractivity contribution is 7.94. The molecule has 0 spiro atoms. The van der Waals surface area contributed by atoms with Crippen LogP contribution in [-0.2, 0) is 27.3 Å². The highest BCUT2D eigenvalue weighted by Gasteiger charge is 2.34. The van der Waals surface area contributed by atoms with E-state index in [1.54, 1.807) is 6.07 Å². The van der Waals surface area contributed by atoms with Gasteiger partial charge in [0.2, 0.25) is 0 Å². The first-order valence-electron chi connectivity index (χ1n) is 14.5. The molecule has 0 amide bonds. The molecular formula is C34H36ClF4NO4S. The predicted octanol–water partition coefficient (Wildman–Crippen LogP) is 7.70. The molecule has 0 saturated carbocycles. The fourth-order valence-electron chi connectivity index (χ4n) is 5.58. The number of halogens is 5. The zero-order chi connectivity index (χ0) is 32.8. The Morgan fingerprint density at radius 1 is 1.00 bits per heavy atom. The van der Waals surface area contributed by atoms with Crippen molar-refractivity contribution in [3.05, 3.63) is 129 Å². The predicted molar refractivity (Wildman–Crippen MR) is 168 cm³/mol. The molecule has 5 nitrogen and oxygen atoms in total. The lowest BCUT2D eigenvalue weighted by Crippen LogP contribution is -2.31. The van der Waals surface area contributed by atoms with Crippen LogP contribution in [0.15, 0.2) is 101 Å². The molecule has 1 N–H and O–H groups in total. The molecule has 3 aromatic rings. The molecule has 3 aromatic carbocycles. The van der Waals surface area contributed by atoms with Crippen molar-refractivity contribution in [2.24, 2.45) is 0 Å². The summed E-state index contributed by atoms with van der Waals surface area (Å²) in [5, 5.41) is 9.61. The smallest absolute Gasteiger partial charge is 0.389 e. The Labute approximate surface area is 266 Å². The van der Waals surface area contributed by atoms with Crippen molar-refractivity contribution in [3.8, 4) is 0 Å². The van der Waals surface area contributed by atoms with Crippen LogP contribution in [0.1, 0.15) is 47.9 Å². The molecule has 0 bridgehead atoms. The van der Waals surface area contributed by atoms with E-state index in [1.807, 2.05) is 65.6 Å². The van der Waals surface area contributed by atoms with Crippen molar-refractivity contribution in [2.45, 2.75) is 50.6 Å². The summed E-state index contributed by atoms with van der Waals surface area (Å²) in [6, 6.07) is 23.5. The van der Waals surface area contributed by atoms with Crippen molar-refractivity contribution >= 4 is 21.4 Å². The molecular weight excluding hydrogens is 630 g/mol. The zero-order valence-electron chi connectivity index (χ0n) is 25.0. The fourth-order valence-corrected chi connectivity index (χ4v) is 7.01. The summed E-state index contributed by atoms with van der Waals surface area (Å²) in [6.45, 7) is 2.42. The maximum Gasteiger partial charge on any atom is 0.417 e. The van der Waals surface area contributed by atoms with Gasteiger partial charge in [0.1, 0.15) is 5.83 Å². The second kappa shape index (κ2) is 15.0. The van der Waals surface area contributed by atoms with Gasteiger partial charge in [-0.1, -0.05) is 84.4 Å². The first kappa shape index (κ1) is 34.8. The third kappa shape index (κ3) is 9.26. The summed E-state index contributed by atoms with van der Waals surface area (Å²) >= 11 is 6.28. The molecule has 11 heteroatoms. The number of alkyl halides is 3. The zero-order valence-corrected chi connectivity index (χ0v) is 26.5. The number of aliphatic hydroxyl groups excluding tert-OH is 1. The Bertz CT molecular complexity index is 1570. The fraction of sp³-hybridized carbons (Fsp3) is 0.353. The molecule has 4 rings (SSSR count). The second-order valence-corrected chi connectivity index (χ2v) is 13.6. The molecule has 2 unspecified atom stereocenters. The van der Waals surface area contributed by atoms with Crippen LogP contribution in [0, 0.1) is 0 Å². The molecule has 2 atom stereocenters. The van der Waals surface area contributed by atoms with E-state index < -0.39 is 39.6 Å². The third-order valence-corrected chi connectivity index (χ3v) is 9.44. The molecule has 0 heterocycles. The second-order valence-electron chi connectivity index (χ2n) is 11.2. The van der Waals surface area contributed by atoms with Gasteiger partial charge in [-0.3, -0.25) is 4.90 Å². The van der Waals surface area contributed by atoms with Crippen LogP contribution in [0.5, 0.6) is 0 Å². The third-order valence-electron chi connectivity index (χ3n) is 7.72. The number of hydrogen-bond acceptors (Lipinski definition) is 5. The minimum absolute atomic E-state index is 0.102. The minimum atomic E-state index is -4.60. The van der Waals surface area contributed by atoms with Gasteiger partial charge in [0.25, 0.3) is 0 Å². The van der Waals surface area contributed by atoms with Gasteiger partial charge < -0.3 is 9.84 Å². The minimum Gasteiger partial charge on any atom is -0.389 e. The Kier molecular flexibility index (Phi) is 11.7. The van der Waals surface area contributed by atoms with Crippen molar-refractivity contribution in [2.75, 3.05) is 26.0 Å². The summed E-state index contributed by atoms with van der Waals surface area (Å²) in [7, 11) is -3.79. The number of hydrogen-bond donors (Lipinski definition) is 1. The molecule has 1 aliphatic rings. The molecule has 0 radical (unpaired) electrons. The Morgan fingerprint density at radius 2 is 1.60 bits per heavy atom. The molecule has 1 aliphatic carbocycles. The number of sulfone groups is 1. The largest absolute Gasteiger partial charge is 0.417 e. The average molecular weight is 666 g/mol. The van der Waals surface area contributed by atoms with E-state index in [4.69, 9.17) is 16.3 Å². The summed E-state index contributed by atoms with van der Waals surface area (Å²) in [4.78, 5) is 1.82. The van der Waals surface area contributed by atoms with Crippen LogP contribution in [0.2, 0.25) is 5.02 Å². The molecule has 0 fully saturated rings. The quantitative estimate of drug-likeness (QED) is 0.150. The highest BCUT2D eigenvalue weighted by atomic mass is 35.5. The van der Waals surface area contributed by atoms with Gasteiger partial charge in [-0.15, -0.1) is 0 Å². The van der Waals surface area contributed by atoms with Gasteiger partial charge in [0.15, 0.2) is 9.84 Å². The SMILES string of the molecule is CC(O)C1=C(S(C)(=O)=O)CC(OCCCN(Cc2cccc(C(F)(F)F)c2Cl)CC(c2ccccc2)c2ccccc2)C=C1F. The van der Waals surface area contributed by atoms with E-state index >= 15 is 0 Å². The van der Waals surface area contributed by atoms with Gasteiger partial charge in [0.05, 0.1) is 27.7 Å². The molecule has 242 valence electrons. The van der Waals surface area contributed by atoms with Crippen LogP contribution in [0.25, 0.3) is 0 Å².